The maximum atomic E-state index is 12.7. The monoisotopic (exact) mass is 576 g/mol. The summed E-state index contributed by atoms with van der Waals surface area (Å²) in [6, 6.07) is 5.86. The summed E-state index contributed by atoms with van der Waals surface area (Å²) in [7, 11) is 0. The highest BCUT2D eigenvalue weighted by Crippen LogP contribution is 2.14. The van der Waals surface area contributed by atoms with Gasteiger partial charge in [-0.2, -0.15) is 0 Å². The Bertz CT molecular complexity index is 948. The molecule has 0 fully saturated rings. The molecule has 10 heteroatoms. The summed E-state index contributed by atoms with van der Waals surface area (Å²) < 4.78 is 16.8. The number of carbonyl (C=O) groups excluding carboxylic acids is 3. The van der Waals surface area contributed by atoms with Crippen LogP contribution in [-0.2, 0) is 41.7 Å². The average Bonchev–Trinajstić information content (AvgIpc) is 2.74. The number of hydrogen-bond acceptors (Lipinski definition) is 10. The van der Waals surface area contributed by atoms with Gasteiger partial charge in [-0.3, -0.25) is 34.1 Å². The molecule has 0 saturated carbocycles. The van der Waals surface area contributed by atoms with E-state index in [-0.39, 0.29) is 37.5 Å². The Hall–Kier alpha value is -2.56. The maximum absolute atomic E-state index is 12.7. The van der Waals surface area contributed by atoms with Crippen LogP contribution >= 0.6 is 0 Å². The first kappa shape index (κ1) is 34.6. The average molecular weight is 577 g/mol. The molecule has 0 saturated heterocycles. The molecule has 0 aliphatic carbocycles. The normalized spacial score (nSPS) is 17.4. The number of hydrogen-bond donors (Lipinski definition) is 0. The quantitative estimate of drug-likeness (QED) is 0.367. The van der Waals surface area contributed by atoms with Gasteiger partial charge in [0, 0.05) is 26.2 Å². The number of pyridine rings is 1. The molecule has 10 nitrogen and oxygen atoms in total. The molecule has 2 heterocycles. The lowest BCUT2D eigenvalue weighted by Gasteiger charge is -2.29. The number of aromatic nitrogens is 1. The predicted molar refractivity (Wildman–Crippen MR) is 158 cm³/mol. The van der Waals surface area contributed by atoms with E-state index >= 15 is 0 Å². The van der Waals surface area contributed by atoms with E-state index in [1.165, 1.54) is 0 Å². The van der Waals surface area contributed by atoms with Gasteiger partial charge in [-0.25, -0.2) is 0 Å². The van der Waals surface area contributed by atoms with Crippen LogP contribution in [0.5, 0.6) is 0 Å². The zero-order valence-electron chi connectivity index (χ0n) is 26.7. The number of esters is 3. The van der Waals surface area contributed by atoms with Gasteiger partial charge in [0.2, 0.25) is 0 Å². The third-order valence-electron chi connectivity index (χ3n) is 5.85. The summed E-state index contributed by atoms with van der Waals surface area (Å²) in [6.07, 6.45) is 1.49. The lowest BCUT2D eigenvalue weighted by molar-refractivity contribution is -0.157. The molecule has 1 aliphatic heterocycles. The number of nitrogens with zero attached hydrogens (tertiary/aromatic N) is 4. The molecular formula is C31H52N4O6. The van der Waals surface area contributed by atoms with E-state index in [1.807, 2.05) is 90.3 Å². The summed E-state index contributed by atoms with van der Waals surface area (Å²) in [5.74, 6) is -0.846. The maximum Gasteiger partial charge on any atom is 0.320 e. The molecule has 0 unspecified atom stereocenters. The Morgan fingerprint density at radius 1 is 0.610 bits per heavy atom. The van der Waals surface area contributed by atoms with Crippen LogP contribution in [-0.4, -0.2) is 100 Å². The molecule has 0 radical (unpaired) electrons. The van der Waals surface area contributed by atoms with E-state index < -0.39 is 16.8 Å². The topological polar surface area (TPSA) is 102 Å². The van der Waals surface area contributed by atoms with Crippen molar-refractivity contribution in [2.24, 2.45) is 0 Å². The first-order valence-electron chi connectivity index (χ1n) is 14.6. The second kappa shape index (κ2) is 15.1. The van der Waals surface area contributed by atoms with Gasteiger partial charge in [0.1, 0.15) is 16.8 Å². The van der Waals surface area contributed by atoms with Crippen molar-refractivity contribution in [2.75, 3.05) is 45.8 Å². The molecule has 1 aliphatic rings. The van der Waals surface area contributed by atoms with Gasteiger partial charge >= 0.3 is 17.9 Å². The Morgan fingerprint density at radius 3 is 1.27 bits per heavy atom. The highest BCUT2D eigenvalue weighted by Gasteiger charge is 2.24. The van der Waals surface area contributed by atoms with Crippen LogP contribution in [0.3, 0.4) is 0 Å². The largest absolute Gasteiger partial charge is 0.459 e. The summed E-state index contributed by atoms with van der Waals surface area (Å²) in [4.78, 5) is 49.1. The lowest BCUT2D eigenvalue weighted by atomic mass is 10.2. The van der Waals surface area contributed by atoms with Gasteiger partial charge in [0.15, 0.2) is 0 Å². The smallest absolute Gasteiger partial charge is 0.320 e. The van der Waals surface area contributed by atoms with Crippen molar-refractivity contribution in [2.45, 2.75) is 105 Å². The molecule has 41 heavy (non-hydrogen) atoms. The molecule has 0 amide bonds. The van der Waals surface area contributed by atoms with Crippen molar-refractivity contribution >= 4 is 17.9 Å². The number of ether oxygens (including phenoxy) is 3. The second-order valence-corrected chi connectivity index (χ2v) is 13.8. The Labute approximate surface area is 246 Å². The van der Waals surface area contributed by atoms with Crippen LogP contribution in [0, 0.1) is 0 Å². The van der Waals surface area contributed by atoms with Crippen LogP contribution in [0.15, 0.2) is 18.2 Å². The number of fused-ring (bicyclic) bond motifs is 2. The van der Waals surface area contributed by atoms with Crippen molar-refractivity contribution in [1.82, 2.24) is 19.7 Å². The molecular weight excluding hydrogens is 524 g/mol. The molecule has 2 bridgehead atoms. The highest BCUT2D eigenvalue weighted by molar-refractivity contribution is 5.73. The number of carbonyl (C=O) groups is 3. The van der Waals surface area contributed by atoms with Gasteiger partial charge in [-0.05, 0) is 100 Å². The molecule has 232 valence electrons. The summed E-state index contributed by atoms with van der Waals surface area (Å²) >= 11 is 0. The molecule has 0 aromatic carbocycles. The minimum atomic E-state index is -0.570. The first-order chi connectivity index (χ1) is 18.9. The Morgan fingerprint density at radius 2 is 0.927 bits per heavy atom. The SMILES string of the molecule is CC(C)(C)OC(=O)CN1CCCN(CC(=O)OC(C)(C)C)Cc2cccc(n2)CN(CC(=O)OC(C)(C)C)CCC1. The van der Waals surface area contributed by atoms with Gasteiger partial charge in [0.25, 0.3) is 0 Å². The third kappa shape index (κ3) is 15.9. The molecule has 1 aromatic rings. The number of rotatable bonds is 6. The van der Waals surface area contributed by atoms with Gasteiger partial charge in [0.05, 0.1) is 31.0 Å². The van der Waals surface area contributed by atoms with Crippen molar-refractivity contribution in [3.05, 3.63) is 29.6 Å². The molecule has 1 aromatic heterocycles. The van der Waals surface area contributed by atoms with E-state index in [0.29, 0.717) is 39.3 Å². The highest BCUT2D eigenvalue weighted by atomic mass is 16.6. The van der Waals surface area contributed by atoms with E-state index in [4.69, 9.17) is 19.2 Å². The summed E-state index contributed by atoms with van der Waals surface area (Å²) in [5, 5.41) is 0. The Balaban J connectivity index is 2.27. The van der Waals surface area contributed by atoms with Gasteiger partial charge in [-0.15, -0.1) is 0 Å². The molecule has 0 N–H and O–H groups in total. The third-order valence-corrected chi connectivity index (χ3v) is 5.85. The standard InChI is InChI=1S/C31H52N4O6/c1-29(2,3)39-26(36)21-33-15-11-17-34(22-27(37)40-30(4,5)6)19-24-13-10-14-25(32-24)20-35(18-12-16-33)23-28(38)41-31(7,8)9/h10,13-14H,11-12,15-23H2,1-9H3. The van der Waals surface area contributed by atoms with E-state index in [2.05, 4.69) is 4.90 Å². The predicted octanol–water partition coefficient (Wildman–Crippen LogP) is 3.81. The van der Waals surface area contributed by atoms with E-state index in [0.717, 1.165) is 24.2 Å². The van der Waals surface area contributed by atoms with Crippen molar-refractivity contribution in [3.63, 3.8) is 0 Å². The minimum absolute atomic E-state index is 0.139. The van der Waals surface area contributed by atoms with Crippen LogP contribution in [0.25, 0.3) is 0 Å². The van der Waals surface area contributed by atoms with Crippen LogP contribution in [0.4, 0.5) is 0 Å². The van der Waals surface area contributed by atoms with Crippen LogP contribution in [0.2, 0.25) is 0 Å². The molecule has 0 spiro atoms. The van der Waals surface area contributed by atoms with E-state index in [9.17, 15) is 14.4 Å². The summed E-state index contributed by atoms with van der Waals surface area (Å²) in [5.41, 5.74) is -0.0233. The van der Waals surface area contributed by atoms with Crippen molar-refractivity contribution < 1.29 is 28.6 Å². The Kier molecular flexibility index (Phi) is 12.7. The first-order valence-corrected chi connectivity index (χ1v) is 14.6. The zero-order chi connectivity index (χ0) is 30.8. The summed E-state index contributed by atoms with van der Waals surface area (Å²) in [6.45, 7) is 20.7. The van der Waals surface area contributed by atoms with Crippen molar-refractivity contribution in [1.29, 1.82) is 0 Å². The fourth-order valence-electron chi connectivity index (χ4n) is 4.57. The lowest BCUT2D eigenvalue weighted by Crippen LogP contribution is -2.40. The fraction of sp³-hybridized carbons (Fsp3) is 0.742. The molecule has 0 atom stereocenters. The minimum Gasteiger partial charge on any atom is -0.459 e. The van der Waals surface area contributed by atoms with E-state index in [1.54, 1.807) is 0 Å². The fourth-order valence-corrected chi connectivity index (χ4v) is 4.57. The van der Waals surface area contributed by atoms with Gasteiger partial charge in [-0.1, -0.05) is 6.07 Å². The molecule has 2 rings (SSSR count). The van der Waals surface area contributed by atoms with Crippen LogP contribution < -0.4 is 0 Å². The van der Waals surface area contributed by atoms with Crippen LogP contribution in [0.1, 0.15) is 86.5 Å². The zero-order valence-corrected chi connectivity index (χ0v) is 26.7. The van der Waals surface area contributed by atoms with Gasteiger partial charge < -0.3 is 14.2 Å². The second-order valence-electron chi connectivity index (χ2n) is 13.8. The van der Waals surface area contributed by atoms with Crippen molar-refractivity contribution in [3.8, 4) is 0 Å².